The minimum atomic E-state index is 0.863. The maximum Gasteiger partial charge on any atom is 0.167 e. The van der Waals surface area contributed by atoms with Crippen LogP contribution in [0.15, 0.2) is 54.0 Å². The van der Waals surface area contributed by atoms with E-state index in [1.54, 1.807) is 22.7 Å². The summed E-state index contributed by atoms with van der Waals surface area (Å²) in [6.07, 6.45) is 1.89. The number of thiazole rings is 1. The zero-order valence-electron chi connectivity index (χ0n) is 9.46. The fourth-order valence-corrected chi connectivity index (χ4v) is 3.10. The molecule has 0 saturated carbocycles. The lowest BCUT2D eigenvalue weighted by Gasteiger charge is -1.86. The lowest BCUT2D eigenvalue weighted by atomic mass is 10.2. The average Bonchev–Trinajstić information content (AvgIpc) is 3.08. The summed E-state index contributed by atoms with van der Waals surface area (Å²) in [5.41, 5.74) is 1.02. The SMILES string of the molecule is C(#Cc1ncc(-c2cccs2)s1)c1ccccc1. The molecular weight excluding hydrogens is 258 g/mol. The molecule has 0 aliphatic heterocycles. The lowest BCUT2D eigenvalue weighted by Crippen LogP contribution is -1.72. The van der Waals surface area contributed by atoms with Crippen molar-refractivity contribution in [2.45, 2.75) is 0 Å². The maximum absolute atomic E-state index is 4.34. The van der Waals surface area contributed by atoms with Gasteiger partial charge in [-0.1, -0.05) is 30.2 Å². The molecule has 2 heterocycles. The molecule has 0 fully saturated rings. The van der Waals surface area contributed by atoms with Gasteiger partial charge in [0, 0.05) is 16.6 Å². The Morgan fingerprint density at radius 1 is 0.889 bits per heavy atom. The van der Waals surface area contributed by atoms with Gasteiger partial charge in [-0.2, -0.15) is 0 Å². The van der Waals surface area contributed by atoms with Crippen LogP contribution in [0, 0.1) is 11.8 Å². The molecule has 86 valence electrons. The molecule has 2 aromatic heterocycles. The highest BCUT2D eigenvalue weighted by atomic mass is 32.1. The molecule has 0 aliphatic rings. The normalized spacial score (nSPS) is 9.78. The summed E-state index contributed by atoms with van der Waals surface area (Å²) in [6.45, 7) is 0. The van der Waals surface area contributed by atoms with E-state index < -0.39 is 0 Å². The molecule has 3 heteroatoms. The molecular formula is C15H9NS2. The number of hydrogen-bond donors (Lipinski definition) is 0. The third-order valence-electron chi connectivity index (χ3n) is 2.36. The first kappa shape index (κ1) is 11.2. The Hall–Kier alpha value is -1.89. The fraction of sp³-hybridized carbons (Fsp3) is 0. The van der Waals surface area contributed by atoms with Crippen LogP contribution in [0.25, 0.3) is 9.75 Å². The Morgan fingerprint density at radius 2 is 1.78 bits per heavy atom. The first-order valence-corrected chi connectivity index (χ1v) is 7.18. The predicted octanol–water partition coefficient (Wildman–Crippen LogP) is 4.27. The Morgan fingerprint density at radius 3 is 2.56 bits per heavy atom. The third kappa shape index (κ3) is 2.51. The Balaban J connectivity index is 1.85. The molecule has 0 radical (unpaired) electrons. The summed E-state index contributed by atoms with van der Waals surface area (Å²) in [5.74, 6) is 6.23. The van der Waals surface area contributed by atoms with E-state index in [0.717, 1.165) is 10.6 Å². The van der Waals surface area contributed by atoms with E-state index in [-0.39, 0.29) is 0 Å². The van der Waals surface area contributed by atoms with Crippen LogP contribution in [-0.4, -0.2) is 4.98 Å². The highest BCUT2D eigenvalue weighted by Crippen LogP contribution is 2.29. The molecule has 3 aromatic rings. The second-order valence-corrected chi connectivity index (χ2v) is 5.60. The molecule has 0 unspecified atom stereocenters. The number of nitrogens with zero attached hydrogens (tertiary/aromatic N) is 1. The van der Waals surface area contributed by atoms with Gasteiger partial charge in [0.05, 0.1) is 4.88 Å². The second kappa shape index (κ2) is 5.18. The average molecular weight is 267 g/mol. The Kier molecular flexibility index (Phi) is 3.22. The Labute approximate surface area is 114 Å². The van der Waals surface area contributed by atoms with Crippen LogP contribution in [0.5, 0.6) is 0 Å². The van der Waals surface area contributed by atoms with E-state index in [1.165, 1.54) is 9.75 Å². The number of rotatable bonds is 1. The van der Waals surface area contributed by atoms with Crippen LogP contribution < -0.4 is 0 Å². The van der Waals surface area contributed by atoms with Crippen LogP contribution in [-0.2, 0) is 0 Å². The van der Waals surface area contributed by atoms with Crippen molar-refractivity contribution in [3.8, 4) is 21.6 Å². The number of hydrogen-bond acceptors (Lipinski definition) is 3. The van der Waals surface area contributed by atoms with Crippen molar-refractivity contribution in [3.63, 3.8) is 0 Å². The van der Waals surface area contributed by atoms with Gasteiger partial charge in [-0.05, 0) is 29.5 Å². The first-order chi connectivity index (χ1) is 8.92. The number of aromatic nitrogens is 1. The molecule has 0 atom stereocenters. The van der Waals surface area contributed by atoms with Crippen LogP contribution in [0.4, 0.5) is 0 Å². The largest absolute Gasteiger partial charge is 0.236 e. The van der Waals surface area contributed by atoms with E-state index in [2.05, 4.69) is 34.3 Å². The minimum Gasteiger partial charge on any atom is -0.236 e. The molecule has 0 N–H and O–H groups in total. The summed E-state index contributed by atoms with van der Waals surface area (Å²) in [7, 11) is 0. The topological polar surface area (TPSA) is 12.9 Å². The van der Waals surface area contributed by atoms with E-state index in [0.29, 0.717) is 0 Å². The highest BCUT2D eigenvalue weighted by molar-refractivity contribution is 7.21. The van der Waals surface area contributed by atoms with E-state index in [4.69, 9.17) is 0 Å². The maximum atomic E-state index is 4.34. The van der Waals surface area contributed by atoms with Gasteiger partial charge >= 0.3 is 0 Å². The van der Waals surface area contributed by atoms with Gasteiger partial charge in [-0.15, -0.1) is 22.7 Å². The molecule has 0 spiro atoms. The van der Waals surface area contributed by atoms with Crippen LogP contribution >= 0.6 is 22.7 Å². The quantitative estimate of drug-likeness (QED) is 0.600. The summed E-state index contributed by atoms with van der Waals surface area (Å²) in [6, 6.07) is 14.1. The number of benzene rings is 1. The summed E-state index contributed by atoms with van der Waals surface area (Å²) >= 11 is 3.36. The highest BCUT2D eigenvalue weighted by Gasteiger charge is 2.02. The molecule has 18 heavy (non-hydrogen) atoms. The van der Waals surface area contributed by atoms with Crippen molar-refractivity contribution in [1.82, 2.24) is 4.98 Å². The number of thiophene rings is 1. The van der Waals surface area contributed by atoms with Crippen molar-refractivity contribution in [2.24, 2.45) is 0 Å². The van der Waals surface area contributed by atoms with E-state index >= 15 is 0 Å². The Bertz CT molecular complexity index is 685. The van der Waals surface area contributed by atoms with E-state index in [9.17, 15) is 0 Å². The van der Waals surface area contributed by atoms with Crippen LogP contribution in [0.1, 0.15) is 10.6 Å². The van der Waals surface area contributed by atoms with Crippen LogP contribution in [0.3, 0.4) is 0 Å². The molecule has 0 aliphatic carbocycles. The summed E-state index contributed by atoms with van der Waals surface area (Å²) < 4.78 is 0. The van der Waals surface area contributed by atoms with Gasteiger partial charge in [-0.3, -0.25) is 0 Å². The van der Waals surface area contributed by atoms with Crippen molar-refractivity contribution in [2.75, 3.05) is 0 Å². The van der Waals surface area contributed by atoms with Gasteiger partial charge in [-0.25, -0.2) is 4.98 Å². The van der Waals surface area contributed by atoms with E-state index in [1.807, 2.05) is 36.5 Å². The smallest absolute Gasteiger partial charge is 0.167 e. The summed E-state index contributed by atoms with van der Waals surface area (Å²) in [4.78, 5) is 6.77. The predicted molar refractivity (Wildman–Crippen MR) is 77.8 cm³/mol. The van der Waals surface area contributed by atoms with Gasteiger partial charge in [0.25, 0.3) is 0 Å². The zero-order valence-corrected chi connectivity index (χ0v) is 11.1. The molecule has 1 aromatic carbocycles. The zero-order chi connectivity index (χ0) is 12.2. The third-order valence-corrected chi connectivity index (χ3v) is 4.34. The molecule has 0 amide bonds. The van der Waals surface area contributed by atoms with Crippen LogP contribution in [0.2, 0.25) is 0 Å². The molecule has 0 saturated heterocycles. The molecule has 1 nitrogen and oxygen atoms in total. The fourth-order valence-electron chi connectivity index (χ4n) is 1.51. The second-order valence-electron chi connectivity index (χ2n) is 3.62. The minimum absolute atomic E-state index is 0.863. The van der Waals surface area contributed by atoms with Crippen molar-refractivity contribution in [3.05, 3.63) is 64.6 Å². The standard InChI is InChI=1S/C15H9NS2/c1-2-5-12(6-3-1)8-9-15-16-11-14(18-15)13-7-4-10-17-13/h1-7,10-11H. The van der Waals surface area contributed by atoms with Crippen molar-refractivity contribution in [1.29, 1.82) is 0 Å². The summed E-state index contributed by atoms with van der Waals surface area (Å²) in [5, 5.41) is 2.94. The monoisotopic (exact) mass is 267 g/mol. The first-order valence-electron chi connectivity index (χ1n) is 5.48. The van der Waals surface area contributed by atoms with Crippen molar-refractivity contribution < 1.29 is 0 Å². The van der Waals surface area contributed by atoms with Gasteiger partial charge in [0.15, 0.2) is 5.01 Å². The van der Waals surface area contributed by atoms with Gasteiger partial charge in [0.2, 0.25) is 0 Å². The molecule has 0 bridgehead atoms. The van der Waals surface area contributed by atoms with Gasteiger partial charge in [0.1, 0.15) is 0 Å². The molecule has 3 rings (SSSR count). The van der Waals surface area contributed by atoms with Gasteiger partial charge < -0.3 is 0 Å². The lowest BCUT2D eigenvalue weighted by molar-refractivity contribution is 1.39. The van der Waals surface area contributed by atoms with Crippen molar-refractivity contribution >= 4 is 22.7 Å².